The first-order valence-corrected chi connectivity index (χ1v) is 7.30. The molecule has 0 spiro atoms. The maximum atomic E-state index is 14.1. The number of carboxylic acids is 1. The number of benzene rings is 1. The number of thioether (sulfide) groups is 1. The topological polar surface area (TPSA) is 64.3 Å². The van der Waals surface area contributed by atoms with Crippen molar-refractivity contribution in [1.82, 2.24) is 9.55 Å². The van der Waals surface area contributed by atoms with Gasteiger partial charge < -0.3 is 9.84 Å². The minimum absolute atomic E-state index is 0.133. The quantitative estimate of drug-likeness (QED) is 0.831. The van der Waals surface area contributed by atoms with Crippen LogP contribution < -0.4 is 4.74 Å². The number of carboxylic acid groups (broad SMARTS) is 1. The summed E-state index contributed by atoms with van der Waals surface area (Å²) in [5.74, 6) is -0.970. The second kappa shape index (κ2) is 6.62. The number of carbonyl (C=O) groups is 1. The van der Waals surface area contributed by atoms with E-state index in [1.807, 2.05) is 6.92 Å². The molecule has 0 aliphatic rings. The Kier molecular flexibility index (Phi) is 4.85. The van der Waals surface area contributed by atoms with Crippen LogP contribution >= 0.6 is 11.8 Å². The third-order valence-electron chi connectivity index (χ3n) is 2.88. The van der Waals surface area contributed by atoms with E-state index in [0.717, 1.165) is 17.5 Å². The zero-order valence-electron chi connectivity index (χ0n) is 11.7. The molecule has 0 atom stereocenters. The van der Waals surface area contributed by atoms with Gasteiger partial charge in [-0.25, -0.2) is 9.37 Å². The number of hydrogen-bond acceptors (Lipinski definition) is 4. The van der Waals surface area contributed by atoms with Crippen molar-refractivity contribution in [3.63, 3.8) is 0 Å². The Morgan fingerprint density at radius 2 is 2.29 bits per heavy atom. The van der Waals surface area contributed by atoms with E-state index in [0.29, 0.717) is 23.0 Å². The third-order valence-corrected chi connectivity index (χ3v) is 3.82. The molecule has 112 valence electrons. The van der Waals surface area contributed by atoms with Crippen LogP contribution in [0.25, 0.3) is 5.69 Å². The fourth-order valence-electron chi connectivity index (χ4n) is 1.89. The van der Waals surface area contributed by atoms with Gasteiger partial charge in [-0.3, -0.25) is 9.36 Å². The fourth-order valence-corrected chi connectivity index (χ4v) is 2.62. The van der Waals surface area contributed by atoms with Gasteiger partial charge in [-0.05, 0) is 18.6 Å². The molecule has 0 radical (unpaired) electrons. The molecule has 1 aromatic carbocycles. The molecule has 1 heterocycles. The van der Waals surface area contributed by atoms with E-state index in [2.05, 4.69) is 4.98 Å². The Hall–Kier alpha value is -2.02. The van der Waals surface area contributed by atoms with Crippen LogP contribution in [0.2, 0.25) is 0 Å². The fraction of sp³-hybridized carbons (Fsp3) is 0.286. The van der Waals surface area contributed by atoms with Crippen LogP contribution in [0.5, 0.6) is 5.75 Å². The average Bonchev–Trinajstić information content (AvgIpc) is 2.88. The van der Waals surface area contributed by atoms with Crippen LogP contribution in [0.15, 0.2) is 29.6 Å². The lowest BCUT2D eigenvalue weighted by Crippen LogP contribution is -2.06. The molecule has 0 saturated heterocycles. The first-order valence-electron chi connectivity index (χ1n) is 6.32. The maximum Gasteiger partial charge on any atom is 0.313 e. The summed E-state index contributed by atoms with van der Waals surface area (Å²) in [7, 11) is 1.51. The van der Waals surface area contributed by atoms with Gasteiger partial charge in [0.1, 0.15) is 11.6 Å². The van der Waals surface area contributed by atoms with E-state index in [-0.39, 0.29) is 5.75 Å². The normalized spacial score (nSPS) is 10.6. The van der Waals surface area contributed by atoms with Gasteiger partial charge in [-0.15, -0.1) is 0 Å². The first-order chi connectivity index (χ1) is 10.1. The summed E-state index contributed by atoms with van der Waals surface area (Å²) >= 11 is 1.05. The second-order valence-corrected chi connectivity index (χ2v) is 5.16. The molecular formula is C14H15FN2O3S. The zero-order valence-corrected chi connectivity index (χ0v) is 12.5. The maximum absolute atomic E-state index is 14.1. The van der Waals surface area contributed by atoms with Crippen LogP contribution in [0.1, 0.15) is 12.6 Å². The molecule has 2 aromatic rings. The standard InChI is InChI=1S/C14H15FN2O3S/c1-3-9-7-16-14(21-8-13(18)19)17(9)12-6-10(20-2)4-5-11(12)15/h4-7H,3,8H2,1-2H3,(H,18,19). The number of hydrogen-bond donors (Lipinski definition) is 1. The van der Waals surface area contributed by atoms with Crippen molar-refractivity contribution in [2.75, 3.05) is 12.9 Å². The molecule has 0 aliphatic heterocycles. The van der Waals surface area contributed by atoms with Gasteiger partial charge in [-0.1, -0.05) is 18.7 Å². The predicted octanol–water partition coefficient (Wildman–Crippen LogP) is 2.76. The van der Waals surface area contributed by atoms with E-state index in [4.69, 9.17) is 9.84 Å². The molecule has 1 N–H and O–H groups in total. The summed E-state index contributed by atoms with van der Waals surface area (Å²) < 4.78 is 20.9. The molecule has 0 fully saturated rings. The highest BCUT2D eigenvalue weighted by Gasteiger charge is 2.16. The molecule has 0 saturated carbocycles. The summed E-state index contributed by atoms with van der Waals surface area (Å²) in [6, 6.07) is 4.42. The predicted molar refractivity (Wildman–Crippen MR) is 77.8 cm³/mol. The van der Waals surface area contributed by atoms with Crippen LogP contribution in [-0.4, -0.2) is 33.5 Å². The molecule has 5 nitrogen and oxygen atoms in total. The van der Waals surface area contributed by atoms with Gasteiger partial charge in [0.25, 0.3) is 0 Å². The third kappa shape index (κ3) is 3.36. The highest BCUT2D eigenvalue weighted by Crippen LogP contribution is 2.28. The Morgan fingerprint density at radius 1 is 1.52 bits per heavy atom. The number of nitrogens with zero attached hydrogens (tertiary/aromatic N) is 2. The van der Waals surface area contributed by atoms with Crippen molar-refractivity contribution in [1.29, 1.82) is 0 Å². The van der Waals surface area contributed by atoms with E-state index >= 15 is 0 Å². The van der Waals surface area contributed by atoms with Crippen molar-refractivity contribution in [3.05, 3.63) is 35.9 Å². The highest BCUT2D eigenvalue weighted by atomic mass is 32.2. The van der Waals surface area contributed by atoms with Crippen molar-refractivity contribution in [2.45, 2.75) is 18.5 Å². The van der Waals surface area contributed by atoms with Gasteiger partial charge >= 0.3 is 5.97 Å². The minimum Gasteiger partial charge on any atom is -0.497 e. The van der Waals surface area contributed by atoms with Gasteiger partial charge in [0.2, 0.25) is 0 Å². The van der Waals surface area contributed by atoms with Crippen LogP contribution in [0.4, 0.5) is 4.39 Å². The summed E-state index contributed by atoms with van der Waals surface area (Å²) in [6.45, 7) is 1.93. The lowest BCUT2D eigenvalue weighted by atomic mass is 10.2. The summed E-state index contributed by atoms with van der Waals surface area (Å²) in [5, 5.41) is 9.23. The van der Waals surface area contributed by atoms with Crippen molar-refractivity contribution < 1.29 is 19.0 Å². The number of rotatable bonds is 6. The van der Waals surface area contributed by atoms with Gasteiger partial charge in [-0.2, -0.15) is 0 Å². The Labute approximate surface area is 125 Å². The number of aromatic nitrogens is 2. The monoisotopic (exact) mass is 310 g/mol. The van der Waals surface area contributed by atoms with E-state index < -0.39 is 11.8 Å². The number of imidazole rings is 1. The summed E-state index contributed by atoms with van der Waals surface area (Å²) in [4.78, 5) is 14.9. The van der Waals surface area contributed by atoms with Gasteiger partial charge in [0.15, 0.2) is 5.16 Å². The lowest BCUT2D eigenvalue weighted by molar-refractivity contribution is -0.133. The lowest BCUT2D eigenvalue weighted by Gasteiger charge is -2.12. The Balaban J connectivity index is 2.50. The highest BCUT2D eigenvalue weighted by molar-refractivity contribution is 7.99. The summed E-state index contributed by atoms with van der Waals surface area (Å²) in [6.07, 6.45) is 2.28. The number of methoxy groups -OCH3 is 1. The molecule has 0 aliphatic carbocycles. The SMILES string of the molecule is CCc1cnc(SCC(=O)O)n1-c1cc(OC)ccc1F. The van der Waals surface area contributed by atoms with E-state index in [1.54, 1.807) is 16.8 Å². The molecule has 1 aromatic heterocycles. The molecule has 0 amide bonds. The molecule has 7 heteroatoms. The molecule has 0 bridgehead atoms. The van der Waals surface area contributed by atoms with Crippen molar-refractivity contribution in [3.8, 4) is 11.4 Å². The number of halogens is 1. The first kappa shape index (κ1) is 15.4. The van der Waals surface area contributed by atoms with Crippen molar-refractivity contribution >= 4 is 17.7 Å². The second-order valence-electron chi connectivity index (χ2n) is 4.22. The zero-order chi connectivity index (χ0) is 15.4. The molecule has 2 rings (SSSR count). The van der Waals surface area contributed by atoms with E-state index in [1.165, 1.54) is 19.2 Å². The van der Waals surface area contributed by atoms with Crippen LogP contribution in [0, 0.1) is 5.82 Å². The minimum atomic E-state index is -0.946. The number of aliphatic carboxylic acids is 1. The smallest absolute Gasteiger partial charge is 0.313 e. The number of ether oxygens (including phenoxy) is 1. The van der Waals surface area contributed by atoms with Crippen LogP contribution in [0.3, 0.4) is 0 Å². The van der Waals surface area contributed by atoms with Gasteiger partial charge in [0, 0.05) is 18.0 Å². The van der Waals surface area contributed by atoms with Gasteiger partial charge in [0.05, 0.1) is 18.6 Å². The van der Waals surface area contributed by atoms with Crippen molar-refractivity contribution in [2.24, 2.45) is 0 Å². The molecule has 21 heavy (non-hydrogen) atoms. The Bertz CT molecular complexity index is 658. The van der Waals surface area contributed by atoms with E-state index in [9.17, 15) is 9.18 Å². The number of aryl methyl sites for hydroxylation is 1. The summed E-state index contributed by atoms with van der Waals surface area (Å²) in [5.41, 5.74) is 1.10. The average molecular weight is 310 g/mol. The Morgan fingerprint density at radius 3 is 2.90 bits per heavy atom. The molecular weight excluding hydrogens is 295 g/mol. The van der Waals surface area contributed by atoms with Crippen LogP contribution in [-0.2, 0) is 11.2 Å². The molecule has 0 unspecified atom stereocenters. The largest absolute Gasteiger partial charge is 0.497 e.